The molecular weight excluding hydrogens is 204 g/mol. The number of hydrogen-bond donors (Lipinski definition) is 1. The fraction of sp³-hybridized carbons (Fsp3) is 0.583. The van der Waals surface area contributed by atoms with E-state index in [0.29, 0.717) is 0 Å². The van der Waals surface area contributed by atoms with Crippen LogP contribution in [0.15, 0.2) is 23.4 Å². The molecule has 2 N–H and O–H groups in total. The van der Waals surface area contributed by atoms with E-state index < -0.39 is 0 Å². The lowest BCUT2D eigenvalue weighted by atomic mass is 10.1. The molecule has 0 unspecified atom stereocenters. The summed E-state index contributed by atoms with van der Waals surface area (Å²) < 4.78 is 0.210. The molecule has 84 valence electrons. The Bertz CT molecular complexity index is 300. The number of nitrogens with two attached hydrogens (primary N) is 1. The third-order valence-corrected chi connectivity index (χ3v) is 3.10. The second-order valence-electron chi connectivity index (χ2n) is 4.66. The Morgan fingerprint density at radius 3 is 2.47 bits per heavy atom. The quantitative estimate of drug-likeness (QED) is 0.800. The second kappa shape index (κ2) is 4.99. The van der Waals surface area contributed by atoms with E-state index >= 15 is 0 Å². The smallest absolute Gasteiger partial charge is 0.0965 e. The van der Waals surface area contributed by atoms with E-state index in [1.165, 1.54) is 0 Å². The zero-order valence-electron chi connectivity index (χ0n) is 9.95. The van der Waals surface area contributed by atoms with Crippen LogP contribution in [-0.4, -0.2) is 9.73 Å². The highest BCUT2D eigenvalue weighted by atomic mass is 32.2. The molecule has 1 rings (SSSR count). The molecule has 1 atom stereocenters. The largest absolute Gasteiger partial charge is 0.324 e. The molecule has 1 aromatic heterocycles. The van der Waals surface area contributed by atoms with Gasteiger partial charge in [0, 0.05) is 17.0 Å². The molecule has 1 aromatic rings. The summed E-state index contributed by atoms with van der Waals surface area (Å²) in [5, 5.41) is 1.06. The monoisotopic (exact) mass is 224 g/mol. The van der Waals surface area contributed by atoms with Crippen LogP contribution in [-0.2, 0) is 0 Å². The van der Waals surface area contributed by atoms with Crippen molar-refractivity contribution in [2.45, 2.75) is 49.9 Å². The molecule has 0 spiro atoms. The van der Waals surface area contributed by atoms with Gasteiger partial charge in [-0.15, -0.1) is 11.8 Å². The lowest BCUT2D eigenvalue weighted by Gasteiger charge is -2.17. The predicted molar refractivity (Wildman–Crippen MR) is 67.1 cm³/mol. The first kappa shape index (κ1) is 12.5. The van der Waals surface area contributed by atoms with Crippen molar-refractivity contribution in [2.75, 3.05) is 0 Å². The summed E-state index contributed by atoms with van der Waals surface area (Å²) in [6.07, 6.45) is 2.84. The number of pyridine rings is 1. The molecule has 0 bridgehead atoms. The summed E-state index contributed by atoms with van der Waals surface area (Å²) in [7, 11) is 0. The van der Waals surface area contributed by atoms with Crippen LogP contribution in [0, 0.1) is 0 Å². The first-order valence-electron chi connectivity index (χ1n) is 5.33. The summed E-state index contributed by atoms with van der Waals surface area (Å²) in [6.45, 7) is 8.64. The average molecular weight is 224 g/mol. The lowest BCUT2D eigenvalue weighted by Crippen LogP contribution is -2.10. The SMILES string of the molecule is CC[C@@H](N)c1ccc(SC(C)(C)C)nc1. The van der Waals surface area contributed by atoms with Crippen LogP contribution in [0.5, 0.6) is 0 Å². The number of rotatable bonds is 3. The van der Waals surface area contributed by atoms with Gasteiger partial charge < -0.3 is 5.73 Å². The van der Waals surface area contributed by atoms with E-state index in [9.17, 15) is 0 Å². The Balaban J connectivity index is 2.72. The van der Waals surface area contributed by atoms with E-state index in [4.69, 9.17) is 5.73 Å². The Labute approximate surface area is 96.7 Å². The normalized spacial score (nSPS) is 13.9. The summed E-state index contributed by atoms with van der Waals surface area (Å²) in [6, 6.07) is 4.25. The Kier molecular flexibility index (Phi) is 4.17. The van der Waals surface area contributed by atoms with Gasteiger partial charge in [-0.05, 0) is 18.1 Å². The van der Waals surface area contributed by atoms with Gasteiger partial charge >= 0.3 is 0 Å². The summed E-state index contributed by atoms with van der Waals surface area (Å²) >= 11 is 1.78. The fourth-order valence-electron chi connectivity index (χ4n) is 1.22. The second-order valence-corrected chi connectivity index (χ2v) is 6.51. The van der Waals surface area contributed by atoms with Crippen LogP contribution < -0.4 is 5.73 Å². The number of aromatic nitrogens is 1. The first-order valence-corrected chi connectivity index (χ1v) is 6.14. The molecule has 0 aliphatic rings. The minimum atomic E-state index is 0.117. The van der Waals surface area contributed by atoms with Crippen molar-refractivity contribution in [3.05, 3.63) is 23.9 Å². The van der Waals surface area contributed by atoms with Gasteiger partial charge in [-0.2, -0.15) is 0 Å². The van der Waals surface area contributed by atoms with Crippen molar-refractivity contribution in [3.8, 4) is 0 Å². The molecule has 0 amide bonds. The molecule has 0 aliphatic heterocycles. The zero-order chi connectivity index (χ0) is 11.5. The number of thioether (sulfide) groups is 1. The number of hydrogen-bond acceptors (Lipinski definition) is 3. The van der Waals surface area contributed by atoms with E-state index in [1.54, 1.807) is 11.8 Å². The van der Waals surface area contributed by atoms with Gasteiger partial charge in [-0.1, -0.05) is 33.8 Å². The maximum Gasteiger partial charge on any atom is 0.0965 e. The highest BCUT2D eigenvalue weighted by molar-refractivity contribution is 8.00. The minimum absolute atomic E-state index is 0.117. The van der Waals surface area contributed by atoms with Gasteiger partial charge in [0.05, 0.1) is 5.03 Å². The molecule has 0 saturated heterocycles. The van der Waals surface area contributed by atoms with Gasteiger partial charge in [0.2, 0.25) is 0 Å². The van der Waals surface area contributed by atoms with E-state index in [0.717, 1.165) is 17.0 Å². The minimum Gasteiger partial charge on any atom is -0.324 e. The number of nitrogens with zero attached hydrogens (tertiary/aromatic N) is 1. The molecule has 0 aliphatic carbocycles. The van der Waals surface area contributed by atoms with Crippen molar-refractivity contribution in [1.82, 2.24) is 4.98 Å². The van der Waals surface area contributed by atoms with Crippen LogP contribution in [0.4, 0.5) is 0 Å². The van der Waals surface area contributed by atoms with Crippen molar-refractivity contribution in [1.29, 1.82) is 0 Å². The van der Waals surface area contributed by atoms with Crippen LogP contribution >= 0.6 is 11.8 Å². The molecule has 0 saturated carbocycles. The van der Waals surface area contributed by atoms with Crippen LogP contribution in [0.1, 0.15) is 45.7 Å². The maximum atomic E-state index is 5.92. The molecule has 1 heterocycles. The molecule has 0 fully saturated rings. The van der Waals surface area contributed by atoms with Gasteiger partial charge in [0.15, 0.2) is 0 Å². The summed E-state index contributed by atoms with van der Waals surface area (Å²) in [5.41, 5.74) is 7.05. The Morgan fingerprint density at radius 2 is 2.07 bits per heavy atom. The summed E-state index contributed by atoms with van der Waals surface area (Å²) in [4.78, 5) is 4.42. The van der Waals surface area contributed by atoms with Crippen molar-refractivity contribution < 1.29 is 0 Å². The molecule has 0 radical (unpaired) electrons. The van der Waals surface area contributed by atoms with Gasteiger partial charge in [-0.25, -0.2) is 4.98 Å². The van der Waals surface area contributed by atoms with E-state index in [1.807, 2.05) is 6.20 Å². The Hall–Kier alpha value is -0.540. The van der Waals surface area contributed by atoms with E-state index in [-0.39, 0.29) is 10.8 Å². The maximum absolute atomic E-state index is 5.92. The van der Waals surface area contributed by atoms with Gasteiger partial charge in [0.1, 0.15) is 0 Å². The molecule has 2 nitrogen and oxygen atoms in total. The van der Waals surface area contributed by atoms with Crippen molar-refractivity contribution in [2.24, 2.45) is 5.73 Å². The van der Waals surface area contributed by atoms with Crippen molar-refractivity contribution in [3.63, 3.8) is 0 Å². The molecule has 3 heteroatoms. The van der Waals surface area contributed by atoms with E-state index in [2.05, 4.69) is 44.8 Å². The highest BCUT2D eigenvalue weighted by Crippen LogP contribution is 2.30. The van der Waals surface area contributed by atoms with Crippen LogP contribution in [0.2, 0.25) is 0 Å². The molecule has 0 aromatic carbocycles. The highest BCUT2D eigenvalue weighted by Gasteiger charge is 2.13. The van der Waals surface area contributed by atoms with Crippen molar-refractivity contribution >= 4 is 11.8 Å². The van der Waals surface area contributed by atoms with Gasteiger partial charge in [0.25, 0.3) is 0 Å². The fourth-order valence-corrected chi connectivity index (χ4v) is 2.09. The topological polar surface area (TPSA) is 38.9 Å². The third-order valence-electron chi connectivity index (χ3n) is 2.04. The van der Waals surface area contributed by atoms with Crippen LogP contribution in [0.3, 0.4) is 0 Å². The average Bonchev–Trinajstić information content (AvgIpc) is 2.15. The van der Waals surface area contributed by atoms with Crippen LogP contribution in [0.25, 0.3) is 0 Å². The predicted octanol–water partition coefficient (Wildman–Crippen LogP) is 3.38. The zero-order valence-corrected chi connectivity index (χ0v) is 10.8. The molecular formula is C12H20N2S. The summed E-state index contributed by atoms with van der Waals surface area (Å²) in [5.74, 6) is 0. The Morgan fingerprint density at radius 1 is 1.40 bits per heavy atom. The molecule has 15 heavy (non-hydrogen) atoms. The third kappa shape index (κ3) is 4.22. The lowest BCUT2D eigenvalue weighted by molar-refractivity contribution is 0.692. The first-order chi connectivity index (χ1) is 6.92. The van der Waals surface area contributed by atoms with Gasteiger partial charge in [-0.3, -0.25) is 0 Å². The standard InChI is InChI=1S/C12H20N2S/c1-5-10(13)9-6-7-11(14-8-9)15-12(2,3)4/h6-8,10H,5,13H2,1-4H3/t10-/m1/s1.